The average Bonchev–Trinajstić information content (AvgIpc) is 3.58. The first-order valence-corrected chi connectivity index (χ1v) is 23.2. The van der Waals surface area contributed by atoms with Gasteiger partial charge in [0.1, 0.15) is 0 Å². The van der Waals surface area contributed by atoms with E-state index in [1.165, 1.54) is 116 Å². The van der Waals surface area contributed by atoms with Crippen LogP contribution in [-0.4, -0.2) is 0 Å². The summed E-state index contributed by atoms with van der Waals surface area (Å²) in [5.41, 5.74) is 20.9. The van der Waals surface area contributed by atoms with Crippen LogP contribution in [0.1, 0.15) is 36.1 Å². The molecule has 0 atom stereocenters. The molecule has 1 aliphatic rings. The van der Waals surface area contributed by atoms with Crippen LogP contribution in [-0.2, 0) is 5.41 Å². The molecule has 0 unspecified atom stereocenters. The van der Waals surface area contributed by atoms with E-state index in [-0.39, 0.29) is 5.41 Å². The van der Waals surface area contributed by atoms with Crippen LogP contribution in [0.15, 0.2) is 224 Å². The third-order valence-corrected chi connectivity index (χ3v) is 14.1. The molecule has 0 saturated carbocycles. The Bertz CT molecular complexity index is 3590. The van der Waals surface area contributed by atoms with Crippen molar-refractivity contribution in [1.82, 2.24) is 0 Å². The van der Waals surface area contributed by atoms with Crippen molar-refractivity contribution in [2.75, 3.05) is 4.90 Å². The maximum Gasteiger partial charge on any atom is 0.0465 e. The summed E-state index contributed by atoms with van der Waals surface area (Å²) >= 11 is 0. The van der Waals surface area contributed by atoms with Gasteiger partial charge < -0.3 is 4.90 Å². The molecule has 0 N–H and O–H groups in total. The fraction of sp³-hybridized carbons (Fsp3) is 0.0769. The molecule has 1 nitrogen and oxygen atoms in total. The molecule has 0 spiro atoms. The normalized spacial score (nSPS) is 12.7. The lowest BCUT2D eigenvalue weighted by atomic mass is 9.81. The fourth-order valence-corrected chi connectivity index (χ4v) is 10.8. The maximum atomic E-state index is 2.48. The van der Waals surface area contributed by atoms with Crippen molar-refractivity contribution in [3.8, 4) is 55.6 Å². The number of hydrogen-bond acceptors (Lipinski definition) is 1. The van der Waals surface area contributed by atoms with E-state index in [1.807, 2.05) is 0 Å². The van der Waals surface area contributed by atoms with Crippen molar-refractivity contribution in [2.45, 2.75) is 33.1 Å². The van der Waals surface area contributed by atoms with Gasteiger partial charge in [0.05, 0.1) is 0 Å². The second-order valence-electron chi connectivity index (χ2n) is 18.7. The lowest BCUT2D eigenvalue weighted by Crippen LogP contribution is -2.16. The molecule has 11 aromatic carbocycles. The first-order chi connectivity index (χ1) is 32.3. The number of benzene rings is 11. The summed E-state index contributed by atoms with van der Waals surface area (Å²) in [4.78, 5) is 2.41. The van der Waals surface area contributed by atoms with Crippen LogP contribution in [0.3, 0.4) is 0 Å². The number of fused-ring (bicyclic) bond motifs is 8. The summed E-state index contributed by atoms with van der Waals surface area (Å²) in [5.74, 6) is 0. The Kier molecular flexibility index (Phi) is 9.36. The second-order valence-corrected chi connectivity index (χ2v) is 18.7. The third kappa shape index (κ3) is 6.62. The highest BCUT2D eigenvalue weighted by atomic mass is 15.1. The van der Waals surface area contributed by atoms with Gasteiger partial charge in [-0.1, -0.05) is 166 Å². The van der Waals surface area contributed by atoms with E-state index in [9.17, 15) is 0 Å². The fourth-order valence-electron chi connectivity index (χ4n) is 10.8. The molecule has 314 valence electrons. The van der Waals surface area contributed by atoms with E-state index in [0.29, 0.717) is 0 Å². The monoisotopic (exact) mass is 843 g/mol. The van der Waals surface area contributed by atoms with Gasteiger partial charge in [-0.2, -0.15) is 0 Å². The van der Waals surface area contributed by atoms with Crippen LogP contribution < -0.4 is 4.90 Å². The highest BCUT2D eigenvalue weighted by Gasteiger charge is 2.36. The molecule has 0 bridgehead atoms. The predicted octanol–water partition coefficient (Wildman–Crippen LogP) is 18.2. The average molecular weight is 844 g/mol. The third-order valence-electron chi connectivity index (χ3n) is 14.1. The number of aryl methyl sites for hydroxylation is 2. The van der Waals surface area contributed by atoms with Crippen LogP contribution in [0.2, 0.25) is 0 Å². The Balaban J connectivity index is 1.01. The lowest BCUT2D eigenvalue weighted by molar-refractivity contribution is 0.660. The van der Waals surface area contributed by atoms with Gasteiger partial charge in [0.2, 0.25) is 0 Å². The molecule has 1 heteroatoms. The molecule has 0 aliphatic heterocycles. The van der Waals surface area contributed by atoms with Crippen LogP contribution in [0.4, 0.5) is 17.1 Å². The van der Waals surface area contributed by atoms with Crippen LogP contribution in [0.5, 0.6) is 0 Å². The molecule has 0 saturated heterocycles. The van der Waals surface area contributed by atoms with E-state index >= 15 is 0 Å². The summed E-state index contributed by atoms with van der Waals surface area (Å²) in [7, 11) is 0. The molecular formula is C65H49N. The zero-order chi connectivity index (χ0) is 44.5. The number of anilines is 3. The van der Waals surface area contributed by atoms with E-state index in [0.717, 1.165) is 11.4 Å². The molecule has 0 aromatic heterocycles. The van der Waals surface area contributed by atoms with Crippen molar-refractivity contribution in [3.63, 3.8) is 0 Å². The number of rotatable bonds is 7. The van der Waals surface area contributed by atoms with E-state index in [1.54, 1.807) is 0 Å². The summed E-state index contributed by atoms with van der Waals surface area (Å²) in [6, 6.07) is 83.6. The molecular weight excluding hydrogens is 795 g/mol. The minimum atomic E-state index is -0.220. The van der Waals surface area contributed by atoms with Crippen molar-refractivity contribution >= 4 is 49.4 Å². The predicted molar refractivity (Wildman–Crippen MR) is 282 cm³/mol. The van der Waals surface area contributed by atoms with Crippen LogP contribution in [0, 0.1) is 13.8 Å². The highest BCUT2D eigenvalue weighted by molar-refractivity contribution is 6.24. The van der Waals surface area contributed by atoms with Crippen LogP contribution >= 0.6 is 0 Å². The summed E-state index contributed by atoms with van der Waals surface area (Å²) in [5, 5.41) is 7.57. The van der Waals surface area contributed by atoms with Gasteiger partial charge in [0.25, 0.3) is 0 Å². The molecule has 66 heavy (non-hydrogen) atoms. The van der Waals surface area contributed by atoms with E-state index in [2.05, 4.69) is 257 Å². The standard InChI is InChI=1S/C65H49N/c1-42-17-15-23-50(33-42)66(51-24-16-18-43(2)34-51)52-30-32-58-57-31-29-46(38-63(57)65(3,4)64(58)39-52)59-40-61-56-28-14-12-26-54(56)60(41-62(61)55-27-13-11-25-53(55)59)49-36-47(44-19-7-5-8-20-44)35-48(37-49)45-21-9-6-10-22-45/h5-41H,1-4H3. The van der Waals surface area contributed by atoms with E-state index in [4.69, 9.17) is 0 Å². The number of nitrogens with zero attached hydrogens (tertiary/aromatic N) is 1. The van der Waals surface area contributed by atoms with Gasteiger partial charge in [-0.15, -0.1) is 0 Å². The molecule has 0 fully saturated rings. The van der Waals surface area contributed by atoms with Gasteiger partial charge in [-0.3, -0.25) is 0 Å². The zero-order valence-corrected chi connectivity index (χ0v) is 37.8. The Hall–Kier alpha value is -8.00. The number of hydrogen-bond donors (Lipinski definition) is 0. The molecule has 11 aromatic rings. The quantitative estimate of drug-likeness (QED) is 0.145. The second kappa shape index (κ2) is 15.6. The molecule has 0 amide bonds. The van der Waals surface area contributed by atoms with Gasteiger partial charge in [-0.25, -0.2) is 0 Å². The SMILES string of the molecule is Cc1cccc(N(c2cccc(C)c2)c2ccc3c(c2)C(C)(C)c2cc(-c4cc5c6ccccc6c(-c6cc(-c7ccccc7)cc(-c7ccccc7)c6)cc5c5ccccc45)ccc2-3)c1. The smallest absolute Gasteiger partial charge is 0.0465 e. The van der Waals surface area contributed by atoms with Crippen LogP contribution in [0.25, 0.3) is 88.0 Å². The topological polar surface area (TPSA) is 3.24 Å². The molecule has 0 heterocycles. The Labute approximate surface area is 387 Å². The van der Waals surface area contributed by atoms with Crippen molar-refractivity contribution in [1.29, 1.82) is 0 Å². The van der Waals surface area contributed by atoms with Crippen molar-refractivity contribution in [2.24, 2.45) is 0 Å². The zero-order valence-electron chi connectivity index (χ0n) is 37.8. The van der Waals surface area contributed by atoms with Gasteiger partial charge >= 0.3 is 0 Å². The maximum absolute atomic E-state index is 2.48. The van der Waals surface area contributed by atoms with Gasteiger partial charge in [0.15, 0.2) is 0 Å². The molecule has 12 rings (SSSR count). The minimum absolute atomic E-state index is 0.220. The summed E-state index contributed by atoms with van der Waals surface area (Å²) in [6.07, 6.45) is 0. The Morgan fingerprint density at radius 1 is 0.273 bits per heavy atom. The Morgan fingerprint density at radius 2 is 0.712 bits per heavy atom. The molecule has 1 aliphatic carbocycles. The summed E-state index contributed by atoms with van der Waals surface area (Å²) in [6.45, 7) is 9.14. The highest BCUT2D eigenvalue weighted by Crippen LogP contribution is 2.52. The first kappa shape index (κ1) is 39.6. The first-order valence-electron chi connectivity index (χ1n) is 23.2. The van der Waals surface area contributed by atoms with Crippen molar-refractivity contribution < 1.29 is 0 Å². The van der Waals surface area contributed by atoms with Crippen molar-refractivity contribution in [3.05, 3.63) is 247 Å². The van der Waals surface area contributed by atoms with Gasteiger partial charge in [-0.05, 0) is 197 Å². The molecule has 0 radical (unpaired) electrons. The largest absolute Gasteiger partial charge is 0.310 e. The summed E-state index contributed by atoms with van der Waals surface area (Å²) < 4.78 is 0. The lowest BCUT2D eigenvalue weighted by Gasteiger charge is -2.28. The van der Waals surface area contributed by atoms with E-state index < -0.39 is 0 Å². The Morgan fingerprint density at radius 3 is 1.24 bits per heavy atom. The van der Waals surface area contributed by atoms with Gasteiger partial charge in [0, 0.05) is 22.5 Å². The minimum Gasteiger partial charge on any atom is -0.310 e.